The average Bonchev–Trinajstić information content (AvgIpc) is 3.05. The van der Waals surface area contributed by atoms with Gasteiger partial charge in [0.2, 0.25) is 0 Å². The van der Waals surface area contributed by atoms with E-state index < -0.39 is 5.60 Å². The second-order valence-corrected chi connectivity index (χ2v) is 5.70. The Morgan fingerprint density at radius 1 is 1.19 bits per heavy atom. The summed E-state index contributed by atoms with van der Waals surface area (Å²) in [6, 6.07) is 0.803. The lowest BCUT2D eigenvalue weighted by atomic mass is 10.0. The van der Waals surface area contributed by atoms with E-state index in [1.54, 1.807) is 0 Å². The molecule has 16 heavy (non-hydrogen) atoms. The molecule has 1 aliphatic carbocycles. The van der Waals surface area contributed by atoms with Gasteiger partial charge in [0.05, 0.1) is 5.60 Å². The van der Waals surface area contributed by atoms with Crippen molar-refractivity contribution in [1.82, 2.24) is 15.1 Å². The van der Waals surface area contributed by atoms with Gasteiger partial charge in [0.1, 0.15) is 0 Å². The first-order valence-corrected chi connectivity index (χ1v) is 6.65. The second-order valence-electron chi connectivity index (χ2n) is 5.70. The highest BCUT2D eigenvalue weighted by atomic mass is 16.3. The predicted molar refractivity (Wildman–Crippen MR) is 63.5 cm³/mol. The number of nitrogens with one attached hydrogen (secondary N) is 1. The van der Waals surface area contributed by atoms with E-state index in [0.29, 0.717) is 0 Å². The first kappa shape index (κ1) is 11.0. The molecule has 0 radical (unpaired) electrons. The zero-order chi connectivity index (χ0) is 11.0. The fraction of sp³-hybridized carbons (Fsp3) is 1.00. The number of hydrogen-bond donors (Lipinski definition) is 2. The molecule has 0 aromatic carbocycles. The lowest BCUT2D eigenvalue weighted by Gasteiger charge is -2.34. The Morgan fingerprint density at radius 2 is 1.94 bits per heavy atom. The van der Waals surface area contributed by atoms with E-state index in [2.05, 4.69) is 15.1 Å². The highest BCUT2D eigenvalue weighted by molar-refractivity contribution is 4.98. The molecule has 0 spiro atoms. The molecule has 2 heterocycles. The Bertz CT molecular complexity index is 251. The van der Waals surface area contributed by atoms with Gasteiger partial charge in [0.15, 0.2) is 0 Å². The quantitative estimate of drug-likeness (QED) is 0.679. The van der Waals surface area contributed by atoms with Gasteiger partial charge in [-0.1, -0.05) is 0 Å². The molecule has 2 aliphatic heterocycles. The first-order valence-electron chi connectivity index (χ1n) is 6.65. The zero-order valence-electron chi connectivity index (χ0n) is 9.99. The minimum absolute atomic E-state index is 0.431. The molecule has 3 fully saturated rings. The third kappa shape index (κ3) is 2.40. The summed E-state index contributed by atoms with van der Waals surface area (Å²) in [6.07, 6.45) is 3.67. The monoisotopic (exact) mass is 225 g/mol. The minimum Gasteiger partial charge on any atom is -0.387 e. The third-order valence-corrected chi connectivity index (χ3v) is 4.15. The number of rotatable bonds is 3. The van der Waals surface area contributed by atoms with Crippen LogP contribution in [0.1, 0.15) is 19.3 Å². The molecule has 1 atom stereocenters. The molecule has 0 aromatic heterocycles. The molecule has 0 bridgehead atoms. The van der Waals surface area contributed by atoms with Crippen LogP contribution >= 0.6 is 0 Å². The summed E-state index contributed by atoms with van der Waals surface area (Å²) in [6.45, 7) is 7.20. The van der Waals surface area contributed by atoms with Gasteiger partial charge in [-0.3, -0.25) is 9.80 Å². The van der Waals surface area contributed by atoms with Gasteiger partial charge in [-0.05, 0) is 19.3 Å². The van der Waals surface area contributed by atoms with Gasteiger partial charge in [-0.2, -0.15) is 0 Å². The molecule has 1 saturated carbocycles. The Hall–Kier alpha value is -0.160. The summed E-state index contributed by atoms with van der Waals surface area (Å²) in [5.41, 5.74) is -0.431. The smallest absolute Gasteiger partial charge is 0.0912 e. The van der Waals surface area contributed by atoms with Gasteiger partial charge >= 0.3 is 0 Å². The minimum atomic E-state index is -0.431. The van der Waals surface area contributed by atoms with Crippen LogP contribution in [0.2, 0.25) is 0 Å². The summed E-state index contributed by atoms with van der Waals surface area (Å²) in [5.74, 6) is 0. The van der Waals surface area contributed by atoms with Gasteiger partial charge in [-0.15, -0.1) is 0 Å². The molecule has 4 heteroatoms. The highest BCUT2D eigenvalue weighted by Crippen LogP contribution is 2.33. The van der Waals surface area contributed by atoms with Crippen molar-refractivity contribution in [3.8, 4) is 0 Å². The Kier molecular flexibility index (Phi) is 2.92. The van der Waals surface area contributed by atoms with Crippen LogP contribution < -0.4 is 5.32 Å². The van der Waals surface area contributed by atoms with Crippen LogP contribution in [0.4, 0.5) is 0 Å². The van der Waals surface area contributed by atoms with Crippen molar-refractivity contribution in [3.05, 3.63) is 0 Å². The largest absolute Gasteiger partial charge is 0.387 e. The highest BCUT2D eigenvalue weighted by Gasteiger charge is 2.42. The van der Waals surface area contributed by atoms with Crippen LogP contribution in [0.3, 0.4) is 0 Å². The Labute approximate surface area is 97.6 Å². The number of hydrogen-bond acceptors (Lipinski definition) is 4. The van der Waals surface area contributed by atoms with Gasteiger partial charge in [-0.25, -0.2) is 0 Å². The van der Waals surface area contributed by atoms with Crippen LogP contribution in [-0.4, -0.2) is 72.4 Å². The molecule has 92 valence electrons. The standard InChI is InChI=1S/C12H23N3O/c16-12(9-14-7-4-13-5-8-14)3-6-15(10-12)11-1-2-11/h11,13,16H,1-10H2. The Balaban J connectivity index is 1.52. The van der Waals surface area contributed by atoms with E-state index in [1.807, 2.05) is 0 Å². The maximum atomic E-state index is 10.6. The maximum Gasteiger partial charge on any atom is 0.0912 e. The molecule has 2 saturated heterocycles. The van der Waals surface area contributed by atoms with Crippen LogP contribution in [0.15, 0.2) is 0 Å². The van der Waals surface area contributed by atoms with E-state index in [4.69, 9.17) is 0 Å². The molecule has 3 aliphatic rings. The average molecular weight is 225 g/mol. The summed E-state index contributed by atoms with van der Waals surface area (Å²) >= 11 is 0. The fourth-order valence-electron chi connectivity index (χ4n) is 3.05. The summed E-state index contributed by atoms with van der Waals surface area (Å²) in [4.78, 5) is 4.90. The van der Waals surface area contributed by atoms with Crippen molar-refractivity contribution in [2.24, 2.45) is 0 Å². The molecular weight excluding hydrogens is 202 g/mol. The molecular formula is C12H23N3O. The number of aliphatic hydroxyl groups is 1. The Morgan fingerprint density at radius 3 is 2.62 bits per heavy atom. The van der Waals surface area contributed by atoms with Crippen molar-refractivity contribution in [2.45, 2.75) is 30.9 Å². The third-order valence-electron chi connectivity index (χ3n) is 4.15. The number of likely N-dealkylation sites (tertiary alicyclic amines) is 1. The van der Waals surface area contributed by atoms with Crippen molar-refractivity contribution in [3.63, 3.8) is 0 Å². The van der Waals surface area contributed by atoms with Gasteiger partial charge in [0.25, 0.3) is 0 Å². The van der Waals surface area contributed by atoms with E-state index in [1.165, 1.54) is 12.8 Å². The van der Waals surface area contributed by atoms with Crippen LogP contribution in [0.25, 0.3) is 0 Å². The van der Waals surface area contributed by atoms with Crippen molar-refractivity contribution >= 4 is 0 Å². The lowest BCUT2D eigenvalue weighted by Crippen LogP contribution is -2.51. The molecule has 0 aromatic rings. The van der Waals surface area contributed by atoms with E-state index >= 15 is 0 Å². The lowest BCUT2D eigenvalue weighted by molar-refractivity contribution is 0.00816. The van der Waals surface area contributed by atoms with E-state index in [-0.39, 0.29) is 0 Å². The molecule has 2 N–H and O–H groups in total. The second kappa shape index (κ2) is 4.26. The van der Waals surface area contributed by atoms with E-state index in [0.717, 1.165) is 58.3 Å². The van der Waals surface area contributed by atoms with Gasteiger partial charge < -0.3 is 10.4 Å². The summed E-state index contributed by atoms with van der Waals surface area (Å²) < 4.78 is 0. The van der Waals surface area contributed by atoms with Gasteiger partial charge in [0, 0.05) is 51.9 Å². The SMILES string of the molecule is OC1(CN2CCNCC2)CCN(C2CC2)C1. The normalized spacial score (nSPS) is 38.1. The fourth-order valence-corrected chi connectivity index (χ4v) is 3.05. The molecule has 3 rings (SSSR count). The molecule has 1 unspecified atom stereocenters. The maximum absolute atomic E-state index is 10.6. The van der Waals surface area contributed by atoms with Crippen LogP contribution in [0.5, 0.6) is 0 Å². The summed E-state index contributed by atoms with van der Waals surface area (Å²) in [5, 5.41) is 13.9. The topological polar surface area (TPSA) is 38.7 Å². The first-order chi connectivity index (χ1) is 7.75. The van der Waals surface area contributed by atoms with E-state index in [9.17, 15) is 5.11 Å². The summed E-state index contributed by atoms with van der Waals surface area (Å²) in [7, 11) is 0. The van der Waals surface area contributed by atoms with Crippen LogP contribution in [-0.2, 0) is 0 Å². The van der Waals surface area contributed by atoms with Crippen molar-refractivity contribution in [2.75, 3.05) is 45.8 Å². The zero-order valence-corrected chi connectivity index (χ0v) is 9.99. The number of nitrogens with zero attached hydrogens (tertiary/aromatic N) is 2. The van der Waals surface area contributed by atoms with Crippen molar-refractivity contribution in [1.29, 1.82) is 0 Å². The van der Waals surface area contributed by atoms with Crippen LogP contribution in [0, 0.1) is 0 Å². The predicted octanol–water partition coefficient (Wildman–Crippen LogP) is -0.509. The number of β-amino-alcohol motifs (C(OH)–C–C–N with tert-alkyl or cyclic N) is 1. The molecule has 0 amide bonds. The number of piperazine rings is 1. The van der Waals surface area contributed by atoms with Crippen molar-refractivity contribution < 1.29 is 5.11 Å². The molecule has 4 nitrogen and oxygen atoms in total.